The highest BCUT2D eigenvalue weighted by Gasteiger charge is 2.29. The molecule has 0 unspecified atom stereocenters. The zero-order valence-corrected chi connectivity index (χ0v) is 16.1. The van der Waals surface area contributed by atoms with Crippen LogP contribution in [-0.2, 0) is 25.7 Å². The summed E-state index contributed by atoms with van der Waals surface area (Å²) in [5.74, 6) is 0.0181. The van der Waals surface area contributed by atoms with E-state index in [1.54, 1.807) is 18.2 Å². The van der Waals surface area contributed by atoms with Gasteiger partial charge in [-0.2, -0.15) is 0 Å². The van der Waals surface area contributed by atoms with Gasteiger partial charge in [-0.25, -0.2) is 0 Å². The molecule has 29 heavy (non-hydrogen) atoms. The van der Waals surface area contributed by atoms with Gasteiger partial charge in [0.2, 0.25) is 12.7 Å². The highest BCUT2D eigenvalue weighted by Crippen LogP contribution is 2.36. The fraction of sp³-hybridized carbons (Fsp3) is 0.250. The maximum absolute atomic E-state index is 12.1. The van der Waals surface area contributed by atoms with Crippen molar-refractivity contribution in [3.05, 3.63) is 48.0 Å². The van der Waals surface area contributed by atoms with Gasteiger partial charge in [-0.3, -0.25) is 14.4 Å². The summed E-state index contributed by atoms with van der Waals surface area (Å²) in [6.07, 6.45) is -0.111. The second-order valence-corrected chi connectivity index (χ2v) is 7.67. The lowest BCUT2D eigenvalue weighted by Crippen LogP contribution is -2.33. The van der Waals surface area contributed by atoms with Gasteiger partial charge in [0.15, 0.2) is 18.1 Å². The van der Waals surface area contributed by atoms with Crippen LogP contribution in [0.5, 0.6) is 11.5 Å². The van der Waals surface area contributed by atoms with E-state index in [1.165, 1.54) is 11.8 Å². The molecule has 150 valence electrons. The molecule has 9 heteroatoms. The number of fused-ring (bicyclic) bond motifs is 2. The van der Waals surface area contributed by atoms with Crippen LogP contribution < -0.4 is 20.1 Å². The molecule has 0 saturated carbocycles. The van der Waals surface area contributed by atoms with Crippen LogP contribution in [-0.4, -0.2) is 36.4 Å². The highest BCUT2D eigenvalue weighted by atomic mass is 32.2. The van der Waals surface area contributed by atoms with Gasteiger partial charge in [0.25, 0.3) is 5.91 Å². The zero-order valence-electron chi connectivity index (χ0n) is 15.3. The molecular formula is C20H18N2O6S. The van der Waals surface area contributed by atoms with E-state index in [1.807, 2.05) is 24.3 Å². The number of amides is 2. The van der Waals surface area contributed by atoms with Crippen LogP contribution in [0, 0.1) is 0 Å². The van der Waals surface area contributed by atoms with Crippen LogP contribution in [0.25, 0.3) is 0 Å². The van der Waals surface area contributed by atoms with E-state index in [0.29, 0.717) is 11.5 Å². The molecule has 0 fully saturated rings. The van der Waals surface area contributed by atoms with Crippen molar-refractivity contribution >= 4 is 35.2 Å². The Bertz CT molecular complexity index is 964. The predicted molar refractivity (Wildman–Crippen MR) is 105 cm³/mol. The van der Waals surface area contributed by atoms with Crippen LogP contribution in [0.2, 0.25) is 0 Å². The Morgan fingerprint density at radius 2 is 2.00 bits per heavy atom. The van der Waals surface area contributed by atoms with E-state index in [2.05, 4.69) is 10.6 Å². The molecule has 1 atom stereocenters. The van der Waals surface area contributed by atoms with Crippen molar-refractivity contribution in [2.45, 2.75) is 23.1 Å². The first kappa shape index (κ1) is 19.1. The Kier molecular flexibility index (Phi) is 5.57. The highest BCUT2D eigenvalue weighted by molar-refractivity contribution is 8.01. The first-order valence-corrected chi connectivity index (χ1v) is 9.84. The van der Waals surface area contributed by atoms with Crippen molar-refractivity contribution in [2.75, 3.05) is 18.7 Å². The number of hydrogen-bond acceptors (Lipinski definition) is 7. The molecule has 0 aliphatic carbocycles. The van der Waals surface area contributed by atoms with Crippen LogP contribution in [0.1, 0.15) is 12.0 Å². The molecule has 0 bridgehead atoms. The minimum atomic E-state index is -0.602. The molecule has 2 heterocycles. The van der Waals surface area contributed by atoms with Gasteiger partial charge in [0, 0.05) is 11.4 Å². The molecule has 0 spiro atoms. The summed E-state index contributed by atoms with van der Waals surface area (Å²) >= 11 is 1.31. The number of benzene rings is 2. The normalized spacial score (nSPS) is 16.6. The molecule has 2 aliphatic rings. The van der Waals surface area contributed by atoms with Gasteiger partial charge in [-0.05, 0) is 29.8 Å². The van der Waals surface area contributed by atoms with Crippen molar-refractivity contribution in [1.29, 1.82) is 0 Å². The number of rotatable bonds is 6. The van der Waals surface area contributed by atoms with E-state index in [0.717, 1.165) is 16.1 Å². The third kappa shape index (κ3) is 4.62. The quantitative estimate of drug-likeness (QED) is 0.698. The van der Waals surface area contributed by atoms with Gasteiger partial charge in [-0.15, -0.1) is 11.8 Å². The van der Waals surface area contributed by atoms with Crippen molar-refractivity contribution in [3.63, 3.8) is 0 Å². The fourth-order valence-electron chi connectivity index (χ4n) is 2.89. The number of carbonyl (C=O) groups is 3. The summed E-state index contributed by atoms with van der Waals surface area (Å²) in [5.41, 5.74) is 1.57. The van der Waals surface area contributed by atoms with E-state index in [9.17, 15) is 14.4 Å². The van der Waals surface area contributed by atoms with E-state index in [-0.39, 0.29) is 25.7 Å². The molecule has 2 N–H and O–H groups in total. The summed E-state index contributed by atoms with van der Waals surface area (Å²) in [4.78, 5) is 37.0. The molecule has 2 aliphatic heterocycles. The number of hydrogen-bond donors (Lipinski definition) is 2. The Morgan fingerprint density at radius 1 is 1.17 bits per heavy atom. The third-order valence-corrected chi connectivity index (χ3v) is 5.62. The molecule has 8 nitrogen and oxygen atoms in total. The van der Waals surface area contributed by atoms with Crippen molar-refractivity contribution in [1.82, 2.24) is 5.32 Å². The molecule has 4 rings (SSSR count). The number of para-hydroxylation sites is 1. The Balaban J connectivity index is 1.21. The minimum Gasteiger partial charge on any atom is -0.456 e. The fourth-order valence-corrected chi connectivity index (χ4v) is 3.98. The summed E-state index contributed by atoms with van der Waals surface area (Å²) in [5, 5.41) is 4.86. The molecular weight excluding hydrogens is 396 g/mol. The first-order valence-electron chi connectivity index (χ1n) is 8.96. The van der Waals surface area contributed by atoms with E-state index >= 15 is 0 Å². The standard InChI is InChI=1S/C20H18N2O6S/c23-18(21-9-12-5-6-14-15(7-12)28-11-27-14)10-26-19(24)8-17-20(25)22-13-3-1-2-4-16(13)29-17/h1-7,17H,8-11H2,(H,21,23)(H,22,25)/t17-/m1/s1. The smallest absolute Gasteiger partial charge is 0.307 e. The molecule has 2 aromatic carbocycles. The van der Waals surface area contributed by atoms with Crippen LogP contribution in [0.4, 0.5) is 5.69 Å². The summed E-state index contributed by atoms with van der Waals surface area (Å²) < 4.78 is 15.5. The van der Waals surface area contributed by atoms with Crippen LogP contribution in [0.15, 0.2) is 47.4 Å². The topological polar surface area (TPSA) is 103 Å². The largest absolute Gasteiger partial charge is 0.456 e. The third-order valence-electron chi connectivity index (χ3n) is 4.35. The Labute approximate surface area is 170 Å². The number of ether oxygens (including phenoxy) is 3. The summed E-state index contributed by atoms with van der Waals surface area (Å²) in [6, 6.07) is 12.7. The van der Waals surface area contributed by atoms with Gasteiger partial charge in [0.05, 0.1) is 17.4 Å². The lowest BCUT2D eigenvalue weighted by Gasteiger charge is -2.23. The predicted octanol–water partition coefficient (Wildman–Crippen LogP) is 2.08. The van der Waals surface area contributed by atoms with Gasteiger partial charge < -0.3 is 24.8 Å². The monoisotopic (exact) mass is 414 g/mol. The number of thioether (sulfide) groups is 1. The van der Waals surface area contributed by atoms with Crippen molar-refractivity contribution < 1.29 is 28.6 Å². The van der Waals surface area contributed by atoms with Crippen molar-refractivity contribution in [2.24, 2.45) is 0 Å². The van der Waals surface area contributed by atoms with E-state index < -0.39 is 23.7 Å². The lowest BCUT2D eigenvalue weighted by molar-refractivity contribution is -0.149. The molecule has 0 aromatic heterocycles. The summed E-state index contributed by atoms with van der Waals surface area (Å²) in [7, 11) is 0. The van der Waals surface area contributed by atoms with Crippen molar-refractivity contribution in [3.8, 4) is 11.5 Å². The average molecular weight is 414 g/mol. The second kappa shape index (κ2) is 8.44. The summed E-state index contributed by atoms with van der Waals surface area (Å²) in [6.45, 7) is 0.0493. The molecule has 2 aromatic rings. The van der Waals surface area contributed by atoms with Gasteiger partial charge >= 0.3 is 5.97 Å². The maximum Gasteiger partial charge on any atom is 0.307 e. The number of carbonyl (C=O) groups excluding carboxylic acids is 3. The molecule has 0 saturated heterocycles. The van der Waals surface area contributed by atoms with Crippen LogP contribution in [0.3, 0.4) is 0 Å². The van der Waals surface area contributed by atoms with E-state index in [4.69, 9.17) is 14.2 Å². The Hall–Kier alpha value is -3.20. The van der Waals surface area contributed by atoms with Crippen LogP contribution >= 0.6 is 11.8 Å². The number of nitrogens with one attached hydrogen (secondary N) is 2. The SMILES string of the molecule is O=C(COC(=O)C[C@H]1Sc2ccccc2NC1=O)NCc1ccc2c(c1)OCO2. The second-order valence-electron chi connectivity index (χ2n) is 6.42. The minimum absolute atomic E-state index is 0.111. The van der Waals surface area contributed by atoms with Gasteiger partial charge in [0.1, 0.15) is 0 Å². The average Bonchev–Trinajstić information content (AvgIpc) is 3.19. The number of esters is 1. The first-order chi connectivity index (χ1) is 14.1. The molecule has 0 radical (unpaired) electrons. The maximum atomic E-state index is 12.1. The zero-order chi connectivity index (χ0) is 20.2. The molecule has 2 amide bonds. The van der Waals surface area contributed by atoms with Gasteiger partial charge in [-0.1, -0.05) is 18.2 Å². The Morgan fingerprint density at radius 3 is 2.90 bits per heavy atom. The lowest BCUT2D eigenvalue weighted by atomic mass is 10.2. The number of anilines is 1.